The van der Waals surface area contributed by atoms with E-state index in [0.29, 0.717) is 13.1 Å². The maximum atomic E-state index is 12.3. The summed E-state index contributed by atoms with van der Waals surface area (Å²) in [5.41, 5.74) is 3.11. The van der Waals surface area contributed by atoms with Gasteiger partial charge in [0, 0.05) is 38.4 Å². The highest BCUT2D eigenvalue weighted by Gasteiger charge is 2.21. The Bertz CT molecular complexity index is 560. The number of para-hydroxylation sites is 1. The van der Waals surface area contributed by atoms with Crippen molar-refractivity contribution in [2.75, 3.05) is 44.6 Å². The van der Waals surface area contributed by atoms with Crippen LogP contribution in [0.4, 0.5) is 5.69 Å². The van der Waals surface area contributed by atoms with E-state index in [1.807, 2.05) is 38.1 Å². The van der Waals surface area contributed by atoms with Crippen molar-refractivity contribution in [3.05, 3.63) is 42.0 Å². The van der Waals surface area contributed by atoms with E-state index in [-0.39, 0.29) is 12.0 Å². The molecule has 1 atom stereocenters. The quantitative estimate of drug-likeness (QED) is 0.709. The number of nitrogens with one attached hydrogen (secondary N) is 1. The number of β-amino-alcohol motifs (C(OH)–C–C–N with tert-alkyl or cyclic N) is 1. The minimum atomic E-state index is -0.295. The molecule has 1 heterocycles. The summed E-state index contributed by atoms with van der Waals surface area (Å²) in [4.78, 5) is 16.8. The second kappa shape index (κ2) is 9.70. The smallest absolute Gasteiger partial charge is 0.238 e. The van der Waals surface area contributed by atoms with Gasteiger partial charge < -0.3 is 10.4 Å². The zero-order valence-electron chi connectivity index (χ0n) is 15.5. The molecular weight excluding hydrogens is 314 g/mol. The Morgan fingerprint density at radius 2 is 1.84 bits per heavy atom. The molecule has 0 radical (unpaired) electrons. The first-order chi connectivity index (χ1) is 12.0. The number of allylic oxidation sites excluding steroid dienone is 1. The highest BCUT2D eigenvalue weighted by molar-refractivity contribution is 5.93. The maximum absolute atomic E-state index is 12.3. The molecule has 1 aromatic carbocycles. The second-order valence-electron chi connectivity index (χ2n) is 6.91. The van der Waals surface area contributed by atoms with Crippen LogP contribution in [0.2, 0.25) is 0 Å². The first-order valence-corrected chi connectivity index (χ1v) is 9.09. The van der Waals surface area contributed by atoms with Gasteiger partial charge >= 0.3 is 0 Å². The summed E-state index contributed by atoms with van der Waals surface area (Å²) >= 11 is 0. The van der Waals surface area contributed by atoms with Crippen molar-refractivity contribution in [3.63, 3.8) is 0 Å². The topological polar surface area (TPSA) is 55.8 Å². The monoisotopic (exact) mass is 345 g/mol. The number of aryl methyl sites for hydroxylation is 2. The van der Waals surface area contributed by atoms with Crippen LogP contribution in [0.1, 0.15) is 24.0 Å². The van der Waals surface area contributed by atoms with Gasteiger partial charge in [0.2, 0.25) is 5.91 Å². The lowest BCUT2D eigenvalue weighted by Crippen LogP contribution is -2.50. The highest BCUT2D eigenvalue weighted by atomic mass is 16.3. The van der Waals surface area contributed by atoms with E-state index in [2.05, 4.69) is 21.7 Å². The summed E-state index contributed by atoms with van der Waals surface area (Å²) in [5, 5.41) is 13.0. The van der Waals surface area contributed by atoms with E-state index in [1.54, 1.807) is 0 Å². The molecule has 0 bridgehead atoms. The van der Waals surface area contributed by atoms with E-state index < -0.39 is 0 Å². The molecule has 1 fully saturated rings. The van der Waals surface area contributed by atoms with Gasteiger partial charge in [0.15, 0.2) is 0 Å². The van der Waals surface area contributed by atoms with Crippen molar-refractivity contribution in [1.29, 1.82) is 0 Å². The van der Waals surface area contributed by atoms with Gasteiger partial charge in [-0.25, -0.2) is 0 Å². The third kappa shape index (κ3) is 6.27. The van der Waals surface area contributed by atoms with Gasteiger partial charge in [-0.15, -0.1) is 6.58 Å². The van der Waals surface area contributed by atoms with Crippen molar-refractivity contribution in [2.24, 2.45) is 0 Å². The van der Waals surface area contributed by atoms with Crippen LogP contribution in [-0.4, -0.2) is 66.2 Å². The molecule has 0 aliphatic carbocycles. The first-order valence-electron chi connectivity index (χ1n) is 9.09. The summed E-state index contributed by atoms with van der Waals surface area (Å²) < 4.78 is 0. The van der Waals surface area contributed by atoms with Crippen molar-refractivity contribution in [1.82, 2.24) is 9.80 Å². The standard InChI is InChI=1S/C20H31N3O2/c1-4-5-9-18(24)14-22-10-12-23(13-11-22)15-19(25)21-20-16(2)7-6-8-17(20)3/h4,6-8,18,24H,1,5,9-15H2,2-3H3,(H,21,25). The number of benzene rings is 1. The van der Waals surface area contributed by atoms with Crippen molar-refractivity contribution in [3.8, 4) is 0 Å². The van der Waals surface area contributed by atoms with Gasteiger partial charge in [0.25, 0.3) is 0 Å². The molecule has 1 aliphatic heterocycles. The Hall–Kier alpha value is -1.69. The molecule has 0 spiro atoms. The number of rotatable bonds is 8. The predicted molar refractivity (Wildman–Crippen MR) is 103 cm³/mol. The molecule has 25 heavy (non-hydrogen) atoms. The molecule has 1 aromatic rings. The number of hydrogen-bond donors (Lipinski definition) is 2. The van der Waals surface area contributed by atoms with Gasteiger partial charge in [-0.05, 0) is 37.8 Å². The molecule has 5 heteroatoms. The molecule has 2 rings (SSSR count). The van der Waals surface area contributed by atoms with Crippen molar-refractivity contribution in [2.45, 2.75) is 32.8 Å². The zero-order chi connectivity index (χ0) is 18.2. The van der Waals surface area contributed by atoms with Crippen LogP contribution in [0.25, 0.3) is 0 Å². The lowest BCUT2D eigenvalue weighted by atomic mass is 10.1. The number of aliphatic hydroxyl groups is 1. The Morgan fingerprint density at radius 3 is 2.44 bits per heavy atom. The molecule has 0 aromatic heterocycles. The average molecular weight is 345 g/mol. The number of amides is 1. The lowest BCUT2D eigenvalue weighted by Gasteiger charge is -2.35. The molecule has 0 saturated carbocycles. The third-order valence-corrected chi connectivity index (χ3v) is 4.75. The van der Waals surface area contributed by atoms with Crippen LogP contribution in [0.5, 0.6) is 0 Å². The van der Waals surface area contributed by atoms with Crippen LogP contribution >= 0.6 is 0 Å². The van der Waals surface area contributed by atoms with Gasteiger partial charge in [0.1, 0.15) is 0 Å². The lowest BCUT2D eigenvalue weighted by molar-refractivity contribution is -0.117. The van der Waals surface area contributed by atoms with Crippen molar-refractivity contribution < 1.29 is 9.90 Å². The van der Waals surface area contributed by atoms with E-state index in [9.17, 15) is 9.90 Å². The Labute approximate surface area is 151 Å². The molecule has 2 N–H and O–H groups in total. The van der Waals surface area contributed by atoms with E-state index in [4.69, 9.17) is 0 Å². The predicted octanol–water partition coefficient (Wildman–Crippen LogP) is 2.19. The van der Waals surface area contributed by atoms with Gasteiger partial charge in [-0.3, -0.25) is 14.6 Å². The molecule has 1 aliphatic rings. The van der Waals surface area contributed by atoms with Gasteiger partial charge in [-0.2, -0.15) is 0 Å². The summed E-state index contributed by atoms with van der Waals surface area (Å²) in [6, 6.07) is 6.03. The number of aliphatic hydroxyl groups excluding tert-OH is 1. The van der Waals surface area contributed by atoms with E-state index in [1.165, 1.54) is 0 Å². The van der Waals surface area contributed by atoms with Crippen LogP contribution in [0, 0.1) is 13.8 Å². The molecule has 1 unspecified atom stereocenters. The minimum Gasteiger partial charge on any atom is -0.392 e. The Morgan fingerprint density at radius 1 is 1.24 bits per heavy atom. The number of anilines is 1. The molecule has 1 saturated heterocycles. The Balaban J connectivity index is 1.74. The summed E-state index contributed by atoms with van der Waals surface area (Å²) in [6.07, 6.45) is 3.16. The maximum Gasteiger partial charge on any atom is 0.238 e. The van der Waals surface area contributed by atoms with Gasteiger partial charge in [0.05, 0.1) is 12.6 Å². The van der Waals surface area contributed by atoms with Crippen LogP contribution in [-0.2, 0) is 4.79 Å². The SMILES string of the molecule is C=CCCC(O)CN1CCN(CC(=O)Nc2c(C)cccc2C)CC1. The molecular formula is C20H31N3O2. The second-order valence-corrected chi connectivity index (χ2v) is 6.91. The highest BCUT2D eigenvalue weighted by Crippen LogP contribution is 2.19. The number of hydrogen-bond acceptors (Lipinski definition) is 4. The summed E-state index contributed by atoms with van der Waals surface area (Å²) in [5.74, 6) is 0.0388. The average Bonchev–Trinajstić information content (AvgIpc) is 2.58. The number of carbonyl (C=O) groups excluding carboxylic acids is 1. The fraction of sp³-hybridized carbons (Fsp3) is 0.550. The first kappa shape index (κ1) is 19.6. The van der Waals surface area contributed by atoms with E-state index >= 15 is 0 Å². The summed E-state index contributed by atoms with van der Waals surface area (Å²) in [7, 11) is 0. The minimum absolute atomic E-state index is 0.0388. The van der Waals surface area contributed by atoms with Crippen LogP contribution in [0.15, 0.2) is 30.9 Å². The number of nitrogens with zero attached hydrogens (tertiary/aromatic N) is 2. The van der Waals surface area contributed by atoms with Crippen molar-refractivity contribution >= 4 is 11.6 Å². The van der Waals surface area contributed by atoms with E-state index in [0.717, 1.165) is 55.8 Å². The zero-order valence-corrected chi connectivity index (χ0v) is 15.5. The number of carbonyl (C=O) groups is 1. The summed E-state index contributed by atoms with van der Waals surface area (Å²) in [6.45, 7) is 12.3. The van der Waals surface area contributed by atoms with Gasteiger partial charge in [-0.1, -0.05) is 24.3 Å². The fourth-order valence-electron chi connectivity index (χ4n) is 3.22. The molecule has 1 amide bonds. The number of piperazine rings is 1. The molecule has 5 nitrogen and oxygen atoms in total. The van der Waals surface area contributed by atoms with Crippen LogP contribution < -0.4 is 5.32 Å². The Kier molecular flexibility index (Phi) is 7.62. The molecule has 138 valence electrons. The third-order valence-electron chi connectivity index (χ3n) is 4.75. The van der Waals surface area contributed by atoms with Crippen LogP contribution in [0.3, 0.4) is 0 Å². The largest absolute Gasteiger partial charge is 0.392 e. The fourth-order valence-corrected chi connectivity index (χ4v) is 3.22. The normalized spacial score (nSPS) is 17.2.